The van der Waals surface area contributed by atoms with Gasteiger partial charge in [-0.2, -0.15) is 0 Å². The summed E-state index contributed by atoms with van der Waals surface area (Å²) >= 11 is 0. The van der Waals surface area contributed by atoms with Gasteiger partial charge in [0.05, 0.1) is 0 Å². The first-order chi connectivity index (χ1) is 24.8. The van der Waals surface area contributed by atoms with E-state index in [9.17, 15) is 0 Å². The van der Waals surface area contributed by atoms with Crippen LogP contribution >= 0.6 is 0 Å². The lowest BCUT2D eigenvalue weighted by molar-refractivity contribution is 0.669. The number of nitrogens with zero attached hydrogens (tertiary/aromatic N) is 1. The minimum atomic E-state index is 0.870. The van der Waals surface area contributed by atoms with Crippen LogP contribution in [-0.2, 0) is 0 Å². The van der Waals surface area contributed by atoms with Crippen molar-refractivity contribution in [1.29, 1.82) is 0 Å². The van der Waals surface area contributed by atoms with Gasteiger partial charge in [-0.25, -0.2) is 0 Å². The number of rotatable bonds is 7. The second kappa shape index (κ2) is 12.8. The molecule has 0 atom stereocenters. The Kier molecular flexibility index (Phi) is 7.53. The monoisotopic (exact) mass is 639 g/mol. The van der Waals surface area contributed by atoms with Gasteiger partial charge < -0.3 is 9.32 Å². The molecule has 0 aliphatic heterocycles. The molecule has 2 nitrogen and oxygen atoms in total. The van der Waals surface area contributed by atoms with E-state index in [1.54, 1.807) is 0 Å². The van der Waals surface area contributed by atoms with Crippen LogP contribution < -0.4 is 4.90 Å². The average molecular weight is 640 g/mol. The van der Waals surface area contributed by atoms with Gasteiger partial charge in [0.2, 0.25) is 0 Å². The lowest BCUT2D eigenvalue weighted by Gasteiger charge is -2.26. The number of furan rings is 1. The first-order valence-corrected chi connectivity index (χ1v) is 17.0. The highest BCUT2D eigenvalue weighted by molar-refractivity contribution is 6.06. The second-order valence-electron chi connectivity index (χ2n) is 12.6. The van der Waals surface area contributed by atoms with Crippen molar-refractivity contribution >= 4 is 39.0 Å². The van der Waals surface area contributed by atoms with Crippen molar-refractivity contribution in [2.75, 3.05) is 4.90 Å². The molecule has 0 bridgehead atoms. The summed E-state index contributed by atoms with van der Waals surface area (Å²) in [5.41, 5.74) is 14.5. The molecule has 0 spiro atoms. The maximum absolute atomic E-state index is 6.36. The van der Waals surface area contributed by atoms with Crippen LogP contribution in [0.15, 0.2) is 205 Å². The molecule has 8 aromatic carbocycles. The molecule has 0 saturated heterocycles. The lowest BCUT2D eigenvalue weighted by atomic mass is 9.94. The van der Waals surface area contributed by atoms with E-state index in [2.05, 4.69) is 193 Å². The maximum Gasteiger partial charge on any atom is 0.137 e. The molecule has 236 valence electrons. The number of hydrogen-bond donors (Lipinski definition) is 0. The summed E-state index contributed by atoms with van der Waals surface area (Å²) < 4.78 is 6.36. The molecule has 1 heterocycles. The van der Waals surface area contributed by atoms with Gasteiger partial charge >= 0.3 is 0 Å². The van der Waals surface area contributed by atoms with E-state index in [0.717, 1.165) is 44.6 Å². The van der Waals surface area contributed by atoms with Crippen LogP contribution in [0.25, 0.3) is 66.4 Å². The first-order valence-electron chi connectivity index (χ1n) is 17.0. The van der Waals surface area contributed by atoms with E-state index in [0.29, 0.717) is 0 Å². The summed E-state index contributed by atoms with van der Waals surface area (Å²) in [6, 6.07) is 71.1. The molecule has 0 fully saturated rings. The molecule has 50 heavy (non-hydrogen) atoms. The molecule has 0 saturated carbocycles. The summed E-state index contributed by atoms with van der Waals surface area (Å²) in [7, 11) is 0. The zero-order valence-corrected chi connectivity index (χ0v) is 27.4. The summed E-state index contributed by atoms with van der Waals surface area (Å²) in [5, 5.41) is 2.24. The molecule has 9 aromatic rings. The summed E-state index contributed by atoms with van der Waals surface area (Å²) in [5.74, 6) is 0. The molecule has 0 unspecified atom stereocenters. The third-order valence-electron chi connectivity index (χ3n) is 9.50. The van der Waals surface area contributed by atoms with Gasteiger partial charge in [0.25, 0.3) is 0 Å². The van der Waals surface area contributed by atoms with E-state index in [-0.39, 0.29) is 0 Å². The van der Waals surface area contributed by atoms with Crippen molar-refractivity contribution in [2.24, 2.45) is 0 Å². The van der Waals surface area contributed by atoms with Crippen molar-refractivity contribution < 1.29 is 4.42 Å². The second-order valence-corrected chi connectivity index (χ2v) is 12.6. The lowest BCUT2D eigenvalue weighted by Crippen LogP contribution is -2.10. The summed E-state index contributed by atoms with van der Waals surface area (Å²) in [6.45, 7) is 0. The standard InChI is InChI=1S/C48H33NO/c1-3-12-34(13-4-1)35-22-24-36(25-23-35)39-16-11-17-41(32-39)49(42-30-31-46-45-20-9-10-21-47(45)50-48(46)33-42)40-28-26-38(27-29-40)44-19-8-7-18-43(44)37-14-5-2-6-15-37/h1-33H. The maximum atomic E-state index is 6.36. The van der Waals surface area contributed by atoms with Crippen molar-refractivity contribution in [3.05, 3.63) is 200 Å². The number of fused-ring (bicyclic) bond motifs is 3. The largest absolute Gasteiger partial charge is 0.456 e. The fourth-order valence-corrected chi connectivity index (χ4v) is 7.01. The SMILES string of the molecule is c1ccc(-c2ccc(-c3cccc(N(c4ccc(-c5ccccc5-c5ccccc5)cc4)c4ccc5c(c4)oc4ccccc45)c3)cc2)cc1. The molecular weight excluding hydrogens is 607 g/mol. The van der Waals surface area contributed by atoms with Gasteiger partial charge in [-0.3, -0.25) is 0 Å². The van der Waals surface area contributed by atoms with Crippen LogP contribution in [0, 0.1) is 0 Å². The van der Waals surface area contributed by atoms with Crippen molar-refractivity contribution in [3.8, 4) is 44.5 Å². The summed E-state index contributed by atoms with van der Waals surface area (Å²) in [4.78, 5) is 2.32. The molecule has 0 N–H and O–H groups in total. The van der Waals surface area contributed by atoms with Gasteiger partial charge in [0.1, 0.15) is 11.2 Å². The van der Waals surface area contributed by atoms with Crippen LogP contribution in [-0.4, -0.2) is 0 Å². The number of benzene rings is 8. The number of anilines is 3. The topological polar surface area (TPSA) is 16.4 Å². The predicted molar refractivity (Wildman–Crippen MR) is 210 cm³/mol. The fourth-order valence-electron chi connectivity index (χ4n) is 7.01. The Morgan fingerprint density at radius 3 is 1.48 bits per heavy atom. The van der Waals surface area contributed by atoms with E-state index in [1.807, 2.05) is 12.1 Å². The Bertz CT molecular complexity index is 2570. The van der Waals surface area contributed by atoms with Crippen LogP contribution in [0.2, 0.25) is 0 Å². The highest BCUT2D eigenvalue weighted by Crippen LogP contribution is 2.41. The van der Waals surface area contributed by atoms with Crippen molar-refractivity contribution in [1.82, 2.24) is 0 Å². The van der Waals surface area contributed by atoms with Crippen molar-refractivity contribution in [2.45, 2.75) is 0 Å². The van der Waals surface area contributed by atoms with Gasteiger partial charge in [-0.15, -0.1) is 0 Å². The molecule has 2 heteroatoms. The third kappa shape index (κ3) is 5.53. The smallest absolute Gasteiger partial charge is 0.137 e. The number of hydrogen-bond acceptors (Lipinski definition) is 2. The van der Waals surface area contributed by atoms with Crippen LogP contribution in [0.1, 0.15) is 0 Å². The number of para-hydroxylation sites is 1. The highest BCUT2D eigenvalue weighted by atomic mass is 16.3. The molecule has 1 aromatic heterocycles. The zero-order chi connectivity index (χ0) is 33.3. The highest BCUT2D eigenvalue weighted by Gasteiger charge is 2.17. The average Bonchev–Trinajstić information content (AvgIpc) is 3.57. The van der Waals surface area contributed by atoms with E-state index in [1.165, 1.54) is 38.9 Å². The predicted octanol–water partition coefficient (Wildman–Crippen LogP) is 13.7. The minimum Gasteiger partial charge on any atom is -0.456 e. The van der Waals surface area contributed by atoms with Crippen molar-refractivity contribution in [3.63, 3.8) is 0 Å². The third-order valence-corrected chi connectivity index (χ3v) is 9.50. The zero-order valence-electron chi connectivity index (χ0n) is 27.4. The van der Waals surface area contributed by atoms with Crippen LogP contribution in [0.3, 0.4) is 0 Å². The minimum absolute atomic E-state index is 0.870. The summed E-state index contributed by atoms with van der Waals surface area (Å²) in [6.07, 6.45) is 0. The van der Waals surface area contributed by atoms with E-state index in [4.69, 9.17) is 4.42 Å². The van der Waals surface area contributed by atoms with E-state index >= 15 is 0 Å². The fraction of sp³-hybridized carbons (Fsp3) is 0. The van der Waals surface area contributed by atoms with Crippen LogP contribution in [0.4, 0.5) is 17.1 Å². The Morgan fingerprint density at radius 1 is 0.280 bits per heavy atom. The van der Waals surface area contributed by atoms with Crippen LogP contribution in [0.5, 0.6) is 0 Å². The molecule has 0 radical (unpaired) electrons. The first kappa shape index (κ1) is 29.5. The Balaban J connectivity index is 1.14. The van der Waals surface area contributed by atoms with Gasteiger partial charge in [0, 0.05) is 33.9 Å². The molecular formula is C48H33NO. The van der Waals surface area contributed by atoms with Gasteiger partial charge in [-0.1, -0.05) is 152 Å². The van der Waals surface area contributed by atoms with E-state index < -0.39 is 0 Å². The molecule has 0 aliphatic rings. The molecule has 0 aliphatic carbocycles. The normalized spacial score (nSPS) is 11.2. The Morgan fingerprint density at radius 2 is 0.760 bits per heavy atom. The quantitative estimate of drug-likeness (QED) is 0.173. The Labute approximate surface area is 292 Å². The van der Waals surface area contributed by atoms with Gasteiger partial charge in [-0.05, 0) is 87.0 Å². The van der Waals surface area contributed by atoms with Gasteiger partial charge in [0.15, 0.2) is 0 Å². The Hall–Kier alpha value is -6.64. The molecule has 9 rings (SSSR count). The molecule has 0 amide bonds.